The first-order chi connectivity index (χ1) is 9.65. The molecule has 1 aromatic rings. The van der Waals surface area contributed by atoms with E-state index in [1.807, 2.05) is 18.0 Å². The Bertz CT molecular complexity index is 445. The molecule has 20 heavy (non-hydrogen) atoms. The molecule has 2 fully saturated rings. The second-order valence-corrected chi connectivity index (χ2v) is 7.50. The molecular weight excluding hydrogens is 268 g/mol. The Morgan fingerprint density at radius 3 is 2.70 bits per heavy atom. The van der Waals surface area contributed by atoms with Crippen molar-refractivity contribution < 1.29 is 4.79 Å². The second kappa shape index (κ2) is 5.86. The Hall–Kier alpha value is -0.870. The van der Waals surface area contributed by atoms with Crippen LogP contribution in [0.15, 0.2) is 17.5 Å². The van der Waals surface area contributed by atoms with Gasteiger partial charge in [0.15, 0.2) is 0 Å². The topological polar surface area (TPSA) is 46.3 Å². The lowest BCUT2D eigenvalue weighted by atomic mass is 9.65. The van der Waals surface area contributed by atoms with E-state index < -0.39 is 0 Å². The van der Waals surface area contributed by atoms with Crippen molar-refractivity contribution in [3.63, 3.8) is 0 Å². The van der Waals surface area contributed by atoms with Crippen molar-refractivity contribution in [3.8, 4) is 0 Å². The third kappa shape index (κ3) is 2.77. The third-order valence-electron chi connectivity index (χ3n) is 5.11. The van der Waals surface area contributed by atoms with Crippen molar-refractivity contribution >= 4 is 17.2 Å². The summed E-state index contributed by atoms with van der Waals surface area (Å²) in [6.45, 7) is 0.744. The maximum absolute atomic E-state index is 12.7. The maximum atomic E-state index is 12.7. The van der Waals surface area contributed by atoms with Gasteiger partial charge < -0.3 is 10.6 Å². The fourth-order valence-electron chi connectivity index (χ4n) is 4.02. The van der Waals surface area contributed by atoms with Crippen molar-refractivity contribution in [2.45, 2.75) is 44.7 Å². The number of amides is 1. The molecule has 2 aliphatic rings. The van der Waals surface area contributed by atoms with Gasteiger partial charge in [0.05, 0.1) is 6.54 Å². The van der Waals surface area contributed by atoms with E-state index in [-0.39, 0.29) is 5.92 Å². The van der Waals surface area contributed by atoms with Gasteiger partial charge in [-0.3, -0.25) is 4.79 Å². The van der Waals surface area contributed by atoms with Gasteiger partial charge in [-0.05, 0) is 49.0 Å². The van der Waals surface area contributed by atoms with Crippen LogP contribution in [0.2, 0.25) is 0 Å². The van der Waals surface area contributed by atoms with E-state index in [0.29, 0.717) is 23.8 Å². The van der Waals surface area contributed by atoms with Gasteiger partial charge in [0.25, 0.3) is 0 Å². The highest BCUT2D eigenvalue weighted by atomic mass is 32.1. The van der Waals surface area contributed by atoms with E-state index in [2.05, 4.69) is 11.4 Å². The van der Waals surface area contributed by atoms with Crippen molar-refractivity contribution in [3.05, 3.63) is 22.4 Å². The quantitative estimate of drug-likeness (QED) is 0.931. The molecule has 2 saturated carbocycles. The summed E-state index contributed by atoms with van der Waals surface area (Å²) in [4.78, 5) is 15.8. The minimum atomic E-state index is 0.204. The van der Waals surface area contributed by atoms with Crippen LogP contribution in [0.25, 0.3) is 0 Å². The van der Waals surface area contributed by atoms with Gasteiger partial charge in [-0.1, -0.05) is 12.5 Å². The average Bonchev–Trinajstić information content (AvgIpc) is 2.90. The standard InChI is InChI=1S/C16H24N2OS/c1-18(10-14-6-3-7-20-14)16(19)13-8-11-4-2-5-12(9-13)15(11)17/h3,6-7,11-13,15H,2,4-5,8-10,17H2,1H3. The largest absolute Gasteiger partial charge is 0.340 e. The number of rotatable bonds is 3. The third-order valence-corrected chi connectivity index (χ3v) is 5.97. The summed E-state index contributed by atoms with van der Waals surface area (Å²) < 4.78 is 0. The first-order valence-corrected chi connectivity index (χ1v) is 8.56. The number of thiophene rings is 1. The fraction of sp³-hybridized carbons (Fsp3) is 0.688. The van der Waals surface area contributed by atoms with Crippen molar-refractivity contribution in [1.29, 1.82) is 0 Å². The minimum absolute atomic E-state index is 0.204. The zero-order valence-corrected chi connectivity index (χ0v) is 12.9. The number of carbonyl (C=O) groups is 1. The molecule has 2 aliphatic carbocycles. The van der Waals surface area contributed by atoms with Gasteiger partial charge >= 0.3 is 0 Å². The van der Waals surface area contributed by atoms with Crippen LogP contribution >= 0.6 is 11.3 Å². The summed E-state index contributed by atoms with van der Waals surface area (Å²) in [5.74, 6) is 1.68. The van der Waals surface area contributed by atoms with Crippen molar-refractivity contribution in [2.24, 2.45) is 23.5 Å². The summed E-state index contributed by atoms with van der Waals surface area (Å²) in [5, 5.41) is 2.07. The summed E-state index contributed by atoms with van der Waals surface area (Å²) in [5.41, 5.74) is 6.31. The smallest absolute Gasteiger partial charge is 0.225 e. The lowest BCUT2D eigenvalue weighted by Gasteiger charge is -2.44. The van der Waals surface area contributed by atoms with Gasteiger partial charge in [0.2, 0.25) is 5.91 Å². The molecule has 2 atom stereocenters. The molecule has 2 unspecified atom stereocenters. The predicted molar refractivity (Wildman–Crippen MR) is 82.3 cm³/mol. The monoisotopic (exact) mass is 292 g/mol. The highest BCUT2D eigenvalue weighted by Crippen LogP contribution is 2.42. The van der Waals surface area contributed by atoms with Crippen molar-refractivity contribution in [1.82, 2.24) is 4.90 Å². The lowest BCUT2D eigenvalue weighted by Crippen LogP contribution is -2.49. The fourth-order valence-corrected chi connectivity index (χ4v) is 4.77. The van der Waals surface area contributed by atoms with E-state index in [9.17, 15) is 4.79 Å². The Balaban J connectivity index is 1.62. The molecule has 2 bridgehead atoms. The van der Waals surface area contributed by atoms with Crippen LogP contribution in [0.1, 0.15) is 37.0 Å². The first-order valence-electron chi connectivity index (χ1n) is 7.68. The minimum Gasteiger partial charge on any atom is -0.340 e. The summed E-state index contributed by atoms with van der Waals surface area (Å²) >= 11 is 1.72. The van der Waals surface area contributed by atoms with Crippen LogP contribution in [0, 0.1) is 17.8 Å². The van der Waals surface area contributed by atoms with E-state index in [1.54, 1.807) is 11.3 Å². The normalized spacial score (nSPS) is 32.9. The number of nitrogens with two attached hydrogens (primary N) is 1. The molecule has 0 saturated heterocycles. The molecule has 3 nitrogen and oxygen atoms in total. The van der Waals surface area contributed by atoms with Crippen LogP contribution in [-0.2, 0) is 11.3 Å². The Labute approximate surface area is 125 Å². The molecule has 3 rings (SSSR count). The molecule has 0 aromatic carbocycles. The molecular formula is C16H24N2OS. The van der Waals surface area contributed by atoms with Crippen molar-refractivity contribution in [2.75, 3.05) is 7.05 Å². The number of hydrogen-bond acceptors (Lipinski definition) is 3. The Morgan fingerprint density at radius 2 is 2.10 bits per heavy atom. The zero-order valence-electron chi connectivity index (χ0n) is 12.1. The summed E-state index contributed by atoms with van der Waals surface area (Å²) in [6.07, 6.45) is 5.75. The Kier molecular flexibility index (Phi) is 4.13. The second-order valence-electron chi connectivity index (χ2n) is 6.47. The number of fused-ring (bicyclic) bond motifs is 2. The molecule has 0 aliphatic heterocycles. The van der Waals surface area contributed by atoms with Gasteiger partial charge in [-0.15, -0.1) is 11.3 Å². The molecule has 0 spiro atoms. The van der Waals surface area contributed by atoms with E-state index in [4.69, 9.17) is 5.73 Å². The van der Waals surface area contributed by atoms with E-state index in [1.165, 1.54) is 24.1 Å². The van der Waals surface area contributed by atoms with E-state index in [0.717, 1.165) is 19.4 Å². The predicted octanol–water partition coefficient (Wildman–Crippen LogP) is 2.86. The summed E-state index contributed by atoms with van der Waals surface area (Å²) in [6, 6.07) is 4.48. The molecule has 0 radical (unpaired) electrons. The van der Waals surface area contributed by atoms with E-state index >= 15 is 0 Å². The maximum Gasteiger partial charge on any atom is 0.225 e. The molecule has 1 amide bonds. The molecule has 2 N–H and O–H groups in total. The molecule has 4 heteroatoms. The highest BCUT2D eigenvalue weighted by Gasteiger charge is 2.41. The number of carbonyl (C=O) groups excluding carboxylic acids is 1. The van der Waals surface area contributed by atoms with Gasteiger partial charge in [0.1, 0.15) is 0 Å². The van der Waals surface area contributed by atoms with Crippen LogP contribution in [0.4, 0.5) is 0 Å². The lowest BCUT2D eigenvalue weighted by molar-refractivity contribution is -0.137. The van der Waals surface area contributed by atoms with Crippen LogP contribution in [0.3, 0.4) is 0 Å². The van der Waals surface area contributed by atoms with Crippen LogP contribution < -0.4 is 5.73 Å². The summed E-state index contributed by atoms with van der Waals surface area (Å²) in [7, 11) is 1.94. The van der Waals surface area contributed by atoms with Crippen LogP contribution in [-0.4, -0.2) is 23.9 Å². The molecule has 1 aromatic heterocycles. The zero-order chi connectivity index (χ0) is 14.1. The average molecular weight is 292 g/mol. The first kappa shape index (κ1) is 14.1. The Morgan fingerprint density at radius 1 is 1.40 bits per heavy atom. The van der Waals surface area contributed by atoms with Gasteiger partial charge in [-0.25, -0.2) is 0 Å². The SMILES string of the molecule is CN(Cc1cccs1)C(=O)C1CC2CCCC(C1)C2N. The van der Waals surface area contributed by atoms with Gasteiger partial charge in [-0.2, -0.15) is 0 Å². The molecule has 110 valence electrons. The number of nitrogens with zero attached hydrogens (tertiary/aromatic N) is 1. The number of hydrogen-bond donors (Lipinski definition) is 1. The van der Waals surface area contributed by atoms with Gasteiger partial charge in [0, 0.05) is 23.9 Å². The van der Waals surface area contributed by atoms with Crippen LogP contribution in [0.5, 0.6) is 0 Å². The highest BCUT2D eigenvalue weighted by molar-refractivity contribution is 7.09. The molecule has 1 heterocycles.